The van der Waals surface area contributed by atoms with Gasteiger partial charge in [-0.1, -0.05) is 12.2 Å². The summed E-state index contributed by atoms with van der Waals surface area (Å²) in [6.45, 7) is 10.1. The molecule has 0 spiro atoms. The van der Waals surface area contributed by atoms with Crippen LogP contribution in [-0.4, -0.2) is 42.6 Å². The second-order valence-electron chi connectivity index (χ2n) is 4.54. The normalized spacial score (nSPS) is 19.2. The van der Waals surface area contributed by atoms with Gasteiger partial charge in [0.05, 0.1) is 5.54 Å². The maximum Gasteiger partial charge on any atom is 0.243 e. The molecule has 1 aliphatic heterocycles. The van der Waals surface area contributed by atoms with Crippen molar-refractivity contribution in [1.82, 2.24) is 4.90 Å². The first-order chi connectivity index (χ1) is 7.49. The Morgan fingerprint density at radius 2 is 2.06 bits per heavy atom. The van der Waals surface area contributed by atoms with E-state index in [1.165, 1.54) is 0 Å². The van der Waals surface area contributed by atoms with Gasteiger partial charge in [0.2, 0.25) is 5.91 Å². The lowest BCUT2D eigenvalue weighted by molar-refractivity contribution is -0.139. The Labute approximate surface area is 97.4 Å². The minimum atomic E-state index is -0.732. The minimum absolute atomic E-state index is 0.0290. The highest BCUT2D eigenvalue weighted by Crippen LogP contribution is 2.20. The average molecular weight is 226 g/mol. The number of carbonyl (C=O) groups excluding carboxylic acids is 1. The molecule has 0 radical (unpaired) electrons. The Morgan fingerprint density at radius 3 is 2.50 bits per heavy atom. The third-order valence-corrected chi connectivity index (χ3v) is 2.94. The van der Waals surface area contributed by atoms with E-state index in [0.717, 1.165) is 5.57 Å². The Bertz CT molecular complexity index is 270. The molecule has 0 atom stereocenters. The number of carbonyl (C=O) groups is 1. The third-order valence-electron chi connectivity index (χ3n) is 2.94. The number of nitrogens with zero attached hydrogens (tertiary/aromatic N) is 1. The van der Waals surface area contributed by atoms with Crippen LogP contribution >= 0.6 is 0 Å². The maximum absolute atomic E-state index is 12.3. The van der Waals surface area contributed by atoms with Gasteiger partial charge >= 0.3 is 0 Å². The molecule has 16 heavy (non-hydrogen) atoms. The summed E-state index contributed by atoms with van der Waals surface area (Å²) in [6.07, 6.45) is 1.22. The largest absolute Gasteiger partial charge is 0.381 e. The number of hydrogen-bond acceptors (Lipinski definition) is 3. The second kappa shape index (κ2) is 5.46. The summed E-state index contributed by atoms with van der Waals surface area (Å²) < 4.78 is 5.24. The SMILES string of the molecule is C=C(C)CN(CC)C(=O)C1(N)CCOCC1. The van der Waals surface area contributed by atoms with E-state index in [1.54, 1.807) is 4.90 Å². The van der Waals surface area contributed by atoms with Crippen LogP contribution in [0.15, 0.2) is 12.2 Å². The zero-order valence-electron chi connectivity index (χ0n) is 10.3. The molecule has 0 aromatic heterocycles. The number of rotatable bonds is 4. The summed E-state index contributed by atoms with van der Waals surface area (Å²) in [4.78, 5) is 14.1. The van der Waals surface area contributed by atoms with Crippen LogP contribution in [0.5, 0.6) is 0 Å². The second-order valence-corrected chi connectivity index (χ2v) is 4.54. The molecule has 4 heteroatoms. The van der Waals surface area contributed by atoms with Gasteiger partial charge in [-0.25, -0.2) is 0 Å². The van der Waals surface area contributed by atoms with E-state index in [1.807, 2.05) is 13.8 Å². The Morgan fingerprint density at radius 1 is 1.50 bits per heavy atom. The number of ether oxygens (including phenoxy) is 1. The maximum atomic E-state index is 12.3. The highest BCUT2D eigenvalue weighted by atomic mass is 16.5. The van der Waals surface area contributed by atoms with E-state index < -0.39 is 5.54 Å². The minimum Gasteiger partial charge on any atom is -0.381 e. The van der Waals surface area contributed by atoms with Crippen molar-refractivity contribution in [2.75, 3.05) is 26.3 Å². The third kappa shape index (κ3) is 3.06. The summed E-state index contributed by atoms with van der Waals surface area (Å²) in [5.74, 6) is 0.0290. The molecule has 0 aliphatic carbocycles. The Hall–Kier alpha value is -0.870. The molecule has 1 saturated heterocycles. The number of amides is 1. The molecule has 92 valence electrons. The molecule has 2 N–H and O–H groups in total. The van der Waals surface area contributed by atoms with Crippen LogP contribution in [0.25, 0.3) is 0 Å². The quantitative estimate of drug-likeness (QED) is 0.725. The molecule has 0 aromatic carbocycles. The van der Waals surface area contributed by atoms with Crippen LogP contribution in [0.4, 0.5) is 0 Å². The van der Waals surface area contributed by atoms with E-state index in [0.29, 0.717) is 39.1 Å². The lowest BCUT2D eigenvalue weighted by atomic mass is 9.89. The van der Waals surface area contributed by atoms with Crippen molar-refractivity contribution in [1.29, 1.82) is 0 Å². The van der Waals surface area contributed by atoms with Crippen LogP contribution in [0.2, 0.25) is 0 Å². The fourth-order valence-corrected chi connectivity index (χ4v) is 1.92. The van der Waals surface area contributed by atoms with Gasteiger partial charge in [0, 0.05) is 26.3 Å². The molecule has 0 aromatic rings. The summed E-state index contributed by atoms with van der Waals surface area (Å²) in [5.41, 5.74) is 6.40. The first-order valence-electron chi connectivity index (χ1n) is 5.80. The molecule has 1 rings (SSSR count). The molecule has 0 bridgehead atoms. The zero-order chi connectivity index (χ0) is 12.2. The highest BCUT2D eigenvalue weighted by molar-refractivity contribution is 5.86. The monoisotopic (exact) mass is 226 g/mol. The van der Waals surface area contributed by atoms with Gasteiger partial charge in [-0.2, -0.15) is 0 Å². The average Bonchev–Trinajstić information content (AvgIpc) is 2.25. The zero-order valence-corrected chi connectivity index (χ0v) is 10.3. The molecule has 0 unspecified atom stereocenters. The molecule has 1 amide bonds. The van der Waals surface area contributed by atoms with E-state index in [9.17, 15) is 4.79 Å². The van der Waals surface area contributed by atoms with Gasteiger partial charge in [0.15, 0.2) is 0 Å². The lowest BCUT2D eigenvalue weighted by Crippen LogP contribution is -2.58. The van der Waals surface area contributed by atoms with Crippen LogP contribution in [0, 0.1) is 0 Å². The Balaban J connectivity index is 2.68. The molecular weight excluding hydrogens is 204 g/mol. The first kappa shape index (κ1) is 13.2. The molecule has 1 aliphatic rings. The number of hydrogen-bond donors (Lipinski definition) is 1. The van der Waals surface area contributed by atoms with E-state index in [4.69, 9.17) is 10.5 Å². The summed E-state index contributed by atoms with van der Waals surface area (Å²) in [7, 11) is 0. The van der Waals surface area contributed by atoms with Gasteiger partial charge in [-0.05, 0) is 26.7 Å². The highest BCUT2D eigenvalue weighted by Gasteiger charge is 2.38. The van der Waals surface area contributed by atoms with Gasteiger partial charge in [0.25, 0.3) is 0 Å². The summed E-state index contributed by atoms with van der Waals surface area (Å²) in [6, 6.07) is 0. The van der Waals surface area contributed by atoms with Crippen molar-refractivity contribution in [2.45, 2.75) is 32.2 Å². The smallest absolute Gasteiger partial charge is 0.243 e. The van der Waals surface area contributed by atoms with E-state index in [2.05, 4.69) is 6.58 Å². The molecule has 4 nitrogen and oxygen atoms in total. The van der Waals surface area contributed by atoms with Crippen molar-refractivity contribution >= 4 is 5.91 Å². The van der Waals surface area contributed by atoms with Gasteiger partial charge in [0.1, 0.15) is 0 Å². The van der Waals surface area contributed by atoms with Crippen LogP contribution in [-0.2, 0) is 9.53 Å². The lowest BCUT2D eigenvalue weighted by Gasteiger charge is -2.36. The van der Waals surface area contributed by atoms with E-state index >= 15 is 0 Å². The van der Waals surface area contributed by atoms with Crippen molar-refractivity contribution in [2.24, 2.45) is 5.73 Å². The standard InChI is InChI=1S/C12H22N2O2/c1-4-14(9-10(2)3)11(15)12(13)5-7-16-8-6-12/h2,4-9,13H2,1,3H3. The number of nitrogens with two attached hydrogens (primary N) is 1. The van der Waals surface area contributed by atoms with Gasteiger partial charge < -0.3 is 15.4 Å². The number of likely N-dealkylation sites (N-methyl/N-ethyl adjacent to an activating group) is 1. The summed E-state index contributed by atoms with van der Waals surface area (Å²) >= 11 is 0. The van der Waals surface area contributed by atoms with Crippen molar-refractivity contribution in [3.05, 3.63) is 12.2 Å². The Kier molecular flexibility index (Phi) is 4.50. The predicted molar refractivity (Wildman–Crippen MR) is 64.0 cm³/mol. The molecular formula is C12H22N2O2. The van der Waals surface area contributed by atoms with Crippen LogP contribution in [0.1, 0.15) is 26.7 Å². The van der Waals surface area contributed by atoms with Crippen molar-refractivity contribution < 1.29 is 9.53 Å². The molecule has 1 fully saturated rings. The molecule has 0 saturated carbocycles. The fraction of sp³-hybridized carbons (Fsp3) is 0.750. The summed E-state index contributed by atoms with van der Waals surface area (Å²) in [5, 5.41) is 0. The van der Waals surface area contributed by atoms with Gasteiger partial charge in [-0.15, -0.1) is 0 Å². The van der Waals surface area contributed by atoms with Crippen molar-refractivity contribution in [3.8, 4) is 0 Å². The van der Waals surface area contributed by atoms with Gasteiger partial charge in [-0.3, -0.25) is 4.79 Å². The topological polar surface area (TPSA) is 55.6 Å². The van der Waals surface area contributed by atoms with Crippen LogP contribution in [0.3, 0.4) is 0 Å². The van der Waals surface area contributed by atoms with Crippen LogP contribution < -0.4 is 5.73 Å². The fourth-order valence-electron chi connectivity index (χ4n) is 1.92. The molecule has 1 heterocycles. The van der Waals surface area contributed by atoms with Crippen molar-refractivity contribution in [3.63, 3.8) is 0 Å². The first-order valence-corrected chi connectivity index (χ1v) is 5.80. The van der Waals surface area contributed by atoms with E-state index in [-0.39, 0.29) is 5.91 Å². The predicted octanol–water partition coefficient (Wildman–Crippen LogP) is 0.919.